The topological polar surface area (TPSA) is 12.0 Å². The molecule has 1 aromatic carbocycles. The molecule has 0 bridgehead atoms. The van der Waals surface area contributed by atoms with Crippen molar-refractivity contribution >= 4 is 0 Å². The second-order valence-electron chi connectivity index (χ2n) is 6.79. The molecule has 2 aliphatic rings. The van der Waals surface area contributed by atoms with Crippen molar-refractivity contribution in [3.8, 4) is 0 Å². The van der Waals surface area contributed by atoms with Crippen LogP contribution in [0.5, 0.6) is 0 Å². The van der Waals surface area contributed by atoms with Crippen molar-refractivity contribution < 1.29 is 0 Å². The molecule has 2 aliphatic carbocycles. The van der Waals surface area contributed by atoms with Gasteiger partial charge in [-0.2, -0.15) is 0 Å². The van der Waals surface area contributed by atoms with Crippen LogP contribution in [0, 0.1) is 5.92 Å². The van der Waals surface area contributed by atoms with Gasteiger partial charge in [-0.05, 0) is 54.8 Å². The summed E-state index contributed by atoms with van der Waals surface area (Å²) in [6.45, 7) is 9.30. The van der Waals surface area contributed by atoms with Crippen LogP contribution in [-0.4, -0.2) is 13.1 Å². The zero-order valence-corrected chi connectivity index (χ0v) is 11.9. The van der Waals surface area contributed by atoms with Gasteiger partial charge in [0.2, 0.25) is 0 Å². The predicted octanol–water partition coefficient (Wildman–Crippen LogP) is 3.63. The Morgan fingerprint density at radius 1 is 1.17 bits per heavy atom. The smallest absolute Gasteiger partial charge is 0.0000324 e. The first-order chi connectivity index (χ1) is 8.60. The molecule has 18 heavy (non-hydrogen) atoms. The molecule has 0 radical (unpaired) electrons. The standard InChI is InChI=1S/C17H25N/c1-4-18-12-13-11-17(13)10-9-16(2,3)14-7-5-6-8-15(14)17/h5-8,13,18H,4,9-12H2,1-3H3. The van der Waals surface area contributed by atoms with Crippen LogP contribution in [0.1, 0.15) is 51.2 Å². The number of hydrogen-bond acceptors (Lipinski definition) is 1. The summed E-state index contributed by atoms with van der Waals surface area (Å²) in [5.41, 5.74) is 4.15. The largest absolute Gasteiger partial charge is 0.317 e. The van der Waals surface area contributed by atoms with Gasteiger partial charge < -0.3 is 5.32 Å². The molecule has 1 nitrogen and oxygen atoms in total. The Morgan fingerprint density at radius 2 is 1.89 bits per heavy atom. The van der Waals surface area contributed by atoms with Crippen molar-refractivity contribution in [2.45, 2.75) is 50.9 Å². The second-order valence-corrected chi connectivity index (χ2v) is 6.79. The van der Waals surface area contributed by atoms with Crippen molar-refractivity contribution in [1.82, 2.24) is 5.32 Å². The molecular weight excluding hydrogens is 218 g/mol. The third kappa shape index (κ3) is 1.72. The van der Waals surface area contributed by atoms with Crippen molar-refractivity contribution in [1.29, 1.82) is 0 Å². The number of hydrogen-bond donors (Lipinski definition) is 1. The lowest BCUT2D eigenvalue weighted by Crippen LogP contribution is -2.32. The van der Waals surface area contributed by atoms with E-state index in [1.165, 1.54) is 25.8 Å². The summed E-state index contributed by atoms with van der Waals surface area (Å²) in [5.74, 6) is 0.870. The fraction of sp³-hybridized carbons (Fsp3) is 0.647. The number of benzene rings is 1. The Balaban J connectivity index is 1.92. The predicted molar refractivity (Wildman–Crippen MR) is 77.0 cm³/mol. The lowest BCUT2D eigenvalue weighted by Gasteiger charge is -2.38. The minimum absolute atomic E-state index is 0.368. The lowest BCUT2D eigenvalue weighted by molar-refractivity contribution is 0.364. The molecule has 0 aromatic heterocycles. The van der Waals surface area contributed by atoms with Gasteiger partial charge >= 0.3 is 0 Å². The first-order valence-corrected chi connectivity index (χ1v) is 7.41. The molecule has 1 saturated carbocycles. The fourth-order valence-electron chi connectivity index (χ4n) is 3.92. The summed E-state index contributed by atoms with van der Waals surface area (Å²) in [6, 6.07) is 9.19. The average Bonchev–Trinajstić information content (AvgIpc) is 3.08. The lowest BCUT2D eigenvalue weighted by atomic mass is 9.66. The molecule has 3 rings (SSSR count). The summed E-state index contributed by atoms with van der Waals surface area (Å²) >= 11 is 0. The van der Waals surface area contributed by atoms with E-state index in [0.717, 1.165) is 12.5 Å². The SMILES string of the molecule is CCNCC1CC12CCC(C)(C)c1ccccc12. The zero-order chi connectivity index (χ0) is 12.8. The maximum atomic E-state index is 3.53. The Morgan fingerprint density at radius 3 is 2.61 bits per heavy atom. The van der Waals surface area contributed by atoms with Gasteiger partial charge in [0.25, 0.3) is 0 Å². The van der Waals surface area contributed by atoms with Gasteiger partial charge in [-0.15, -0.1) is 0 Å². The van der Waals surface area contributed by atoms with Crippen LogP contribution >= 0.6 is 0 Å². The molecule has 1 aromatic rings. The van der Waals surface area contributed by atoms with E-state index in [4.69, 9.17) is 0 Å². The van der Waals surface area contributed by atoms with Crippen LogP contribution in [0.4, 0.5) is 0 Å². The van der Waals surface area contributed by atoms with Crippen LogP contribution in [0.15, 0.2) is 24.3 Å². The summed E-state index contributed by atoms with van der Waals surface area (Å²) in [5, 5.41) is 3.53. The van der Waals surface area contributed by atoms with E-state index in [0.29, 0.717) is 10.8 Å². The first kappa shape index (κ1) is 12.2. The van der Waals surface area contributed by atoms with Crippen LogP contribution in [0.3, 0.4) is 0 Å². The molecule has 2 unspecified atom stereocenters. The third-order valence-corrected chi connectivity index (χ3v) is 5.26. The molecule has 1 N–H and O–H groups in total. The molecule has 1 heteroatoms. The third-order valence-electron chi connectivity index (χ3n) is 5.26. The minimum Gasteiger partial charge on any atom is -0.317 e. The number of rotatable bonds is 3. The van der Waals surface area contributed by atoms with Gasteiger partial charge in [-0.1, -0.05) is 45.0 Å². The summed E-state index contributed by atoms with van der Waals surface area (Å²) in [4.78, 5) is 0. The van der Waals surface area contributed by atoms with Crippen molar-refractivity contribution in [2.75, 3.05) is 13.1 Å². The summed E-state index contributed by atoms with van der Waals surface area (Å²) in [7, 11) is 0. The highest BCUT2D eigenvalue weighted by Crippen LogP contribution is 2.62. The maximum absolute atomic E-state index is 3.53. The molecule has 0 aliphatic heterocycles. The van der Waals surface area contributed by atoms with Gasteiger partial charge in [0, 0.05) is 5.41 Å². The maximum Gasteiger partial charge on any atom is 0.0000324 e. The summed E-state index contributed by atoms with van der Waals surface area (Å²) in [6.07, 6.45) is 4.12. The Bertz CT molecular complexity index is 449. The van der Waals surface area contributed by atoms with Gasteiger partial charge in [-0.25, -0.2) is 0 Å². The second kappa shape index (κ2) is 4.09. The van der Waals surface area contributed by atoms with Crippen molar-refractivity contribution in [3.63, 3.8) is 0 Å². The Labute approximate surface area is 111 Å². The number of nitrogens with one attached hydrogen (secondary N) is 1. The van der Waals surface area contributed by atoms with E-state index in [1.54, 1.807) is 11.1 Å². The summed E-state index contributed by atoms with van der Waals surface area (Å²) < 4.78 is 0. The van der Waals surface area contributed by atoms with Crippen molar-refractivity contribution in [3.05, 3.63) is 35.4 Å². The Hall–Kier alpha value is -0.820. The van der Waals surface area contributed by atoms with E-state index >= 15 is 0 Å². The highest BCUT2D eigenvalue weighted by molar-refractivity contribution is 5.46. The fourth-order valence-corrected chi connectivity index (χ4v) is 3.92. The van der Waals surface area contributed by atoms with E-state index < -0.39 is 0 Å². The zero-order valence-electron chi connectivity index (χ0n) is 11.9. The number of fused-ring (bicyclic) bond motifs is 2. The van der Waals surface area contributed by atoms with Gasteiger partial charge in [0.05, 0.1) is 0 Å². The quantitative estimate of drug-likeness (QED) is 0.855. The molecular formula is C17H25N. The molecule has 0 amide bonds. The highest BCUT2D eigenvalue weighted by Gasteiger charge is 2.57. The van der Waals surface area contributed by atoms with Gasteiger partial charge in [0.1, 0.15) is 0 Å². The van der Waals surface area contributed by atoms with Crippen LogP contribution in [0.25, 0.3) is 0 Å². The van der Waals surface area contributed by atoms with Crippen LogP contribution in [-0.2, 0) is 10.8 Å². The van der Waals surface area contributed by atoms with E-state index in [2.05, 4.69) is 50.4 Å². The monoisotopic (exact) mass is 243 g/mol. The molecule has 2 atom stereocenters. The molecule has 0 heterocycles. The van der Waals surface area contributed by atoms with Crippen molar-refractivity contribution in [2.24, 2.45) is 5.92 Å². The van der Waals surface area contributed by atoms with E-state index in [1.807, 2.05) is 0 Å². The molecule has 1 spiro atoms. The highest BCUT2D eigenvalue weighted by atomic mass is 14.9. The molecule has 0 saturated heterocycles. The first-order valence-electron chi connectivity index (χ1n) is 7.41. The molecule has 98 valence electrons. The molecule has 1 fully saturated rings. The van der Waals surface area contributed by atoms with Crippen LogP contribution < -0.4 is 5.32 Å². The minimum atomic E-state index is 0.368. The van der Waals surface area contributed by atoms with E-state index in [-0.39, 0.29) is 0 Å². The normalized spacial score (nSPS) is 32.3. The van der Waals surface area contributed by atoms with Crippen LogP contribution in [0.2, 0.25) is 0 Å². The van der Waals surface area contributed by atoms with E-state index in [9.17, 15) is 0 Å². The van der Waals surface area contributed by atoms with Gasteiger partial charge in [0.15, 0.2) is 0 Å². The Kier molecular flexibility index (Phi) is 2.78. The van der Waals surface area contributed by atoms with Gasteiger partial charge in [-0.3, -0.25) is 0 Å². The average molecular weight is 243 g/mol.